The van der Waals surface area contributed by atoms with Crippen molar-refractivity contribution in [3.05, 3.63) is 55.5 Å². The summed E-state index contributed by atoms with van der Waals surface area (Å²) in [5.74, 6) is -0.436. The van der Waals surface area contributed by atoms with E-state index < -0.39 is 16.6 Å². The van der Waals surface area contributed by atoms with Crippen molar-refractivity contribution in [1.29, 1.82) is 0 Å². The summed E-state index contributed by atoms with van der Waals surface area (Å²) in [7, 11) is 0. The van der Waals surface area contributed by atoms with Crippen LogP contribution in [0.1, 0.15) is 19.4 Å². The fourth-order valence-corrected chi connectivity index (χ4v) is 1.86. The number of dihydropyridines is 1. The van der Waals surface area contributed by atoms with Gasteiger partial charge in [-0.15, -0.1) is 0 Å². The second-order valence-electron chi connectivity index (χ2n) is 4.18. The average molecular weight is 231 g/mol. The Bertz CT molecular complexity index is 613. The van der Waals surface area contributed by atoms with Gasteiger partial charge in [0.05, 0.1) is 5.56 Å². The second kappa shape index (κ2) is 4.05. The van der Waals surface area contributed by atoms with Crippen LogP contribution >= 0.6 is 0 Å². The zero-order chi connectivity index (χ0) is 12.6. The zero-order valence-corrected chi connectivity index (χ0v) is 9.65. The summed E-state index contributed by atoms with van der Waals surface area (Å²) in [4.78, 5) is 21.9. The van der Waals surface area contributed by atoms with Crippen molar-refractivity contribution in [1.82, 2.24) is 5.32 Å². The molecule has 1 atom stereocenters. The minimum Gasteiger partial charge on any atom is -0.504 e. The molecule has 1 heterocycles. The van der Waals surface area contributed by atoms with Gasteiger partial charge in [0.25, 0.3) is 5.43 Å². The van der Waals surface area contributed by atoms with Gasteiger partial charge < -0.3 is 10.4 Å². The molecular weight excluding hydrogens is 218 g/mol. The van der Waals surface area contributed by atoms with E-state index in [1.165, 1.54) is 6.08 Å². The smallest absolute Gasteiger partial charge is 0.268 e. The van der Waals surface area contributed by atoms with Crippen molar-refractivity contribution in [3.63, 3.8) is 0 Å². The van der Waals surface area contributed by atoms with E-state index in [0.717, 1.165) is 11.3 Å². The Kier molecular flexibility index (Phi) is 2.71. The average Bonchev–Trinajstić information content (AvgIpc) is 2.27. The van der Waals surface area contributed by atoms with Gasteiger partial charge in [0.2, 0.25) is 5.43 Å². The highest BCUT2D eigenvalue weighted by molar-refractivity contribution is 5.63. The Morgan fingerprint density at radius 3 is 2.59 bits per heavy atom. The summed E-state index contributed by atoms with van der Waals surface area (Å²) in [5, 5.41) is 12.4. The van der Waals surface area contributed by atoms with E-state index in [1.807, 2.05) is 26.0 Å². The van der Waals surface area contributed by atoms with Gasteiger partial charge in [-0.3, -0.25) is 9.59 Å². The predicted molar refractivity (Wildman–Crippen MR) is 66.5 cm³/mol. The van der Waals surface area contributed by atoms with Crippen molar-refractivity contribution in [2.75, 3.05) is 0 Å². The number of allylic oxidation sites excluding steroid dienone is 4. The molecule has 0 amide bonds. The molecule has 1 aliphatic rings. The lowest BCUT2D eigenvalue weighted by Gasteiger charge is -2.17. The minimum atomic E-state index is -0.802. The van der Waals surface area contributed by atoms with Crippen molar-refractivity contribution in [3.8, 4) is 5.75 Å². The molecule has 2 rings (SSSR count). The Labute approximate surface area is 98.3 Å². The first-order valence-electron chi connectivity index (χ1n) is 5.36. The maximum atomic E-state index is 11.1. The van der Waals surface area contributed by atoms with Crippen LogP contribution < -0.4 is 16.2 Å². The van der Waals surface area contributed by atoms with Crippen molar-refractivity contribution >= 4 is 6.08 Å². The number of hydrogen-bond acceptors (Lipinski definition) is 4. The maximum Gasteiger partial charge on any atom is 0.268 e. The lowest BCUT2D eigenvalue weighted by Crippen LogP contribution is -2.32. The summed E-state index contributed by atoms with van der Waals surface area (Å²) >= 11 is 0. The first-order chi connectivity index (χ1) is 7.99. The van der Waals surface area contributed by atoms with Crippen LogP contribution in [0.2, 0.25) is 0 Å². The molecule has 88 valence electrons. The van der Waals surface area contributed by atoms with Gasteiger partial charge in [-0.1, -0.05) is 12.2 Å². The topological polar surface area (TPSA) is 66.4 Å². The van der Waals surface area contributed by atoms with E-state index in [-0.39, 0.29) is 11.6 Å². The monoisotopic (exact) mass is 231 g/mol. The first-order valence-corrected chi connectivity index (χ1v) is 5.36. The molecule has 1 aromatic carbocycles. The van der Waals surface area contributed by atoms with Crippen molar-refractivity contribution < 1.29 is 5.11 Å². The van der Waals surface area contributed by atoms with Gasteiger partial charge in [0.1, 0.15) is 0 Å². The molecule has 0 radical (unpaired) electrons. The van der Waals surface area contributed by atoms with Crippen molar-refractivity contribution in [2.45, 2.75) is 19.9 Å². The number of hydrogen-bond donors (Lipinski definition) is 2. The van der Waals surface area contributed by atoms with Gasteiger partial charge in [-0.25, -0.2) is 0 Å². The molecule has 1 aromatic rings. The first kappa shape index (κ1) is 11.4. The molecule has 0 saturated carbocycles. The van der Waals surface area contributed by atoms with Crippen LogP contribution in [0, 0.1) is 0 Å². The van der Waals surface area contributed by atoms with E-state index in [9.17, 15) is 14.7 Å². The standard InChI is InChI=1S/C13H13NO3/c1-7-5-9(6-8(2)14-7)3-4-10-11(15)13(17)12(10)16/h3-7,14-15H,1-2H3/b4-3+. The quantitative estimate of drug-likeness (QED) is 0.740. The number of nitrogens with one attached hydrogen (secondary N) is 1. The third kappa shape index (κ3) is 2.06. The van der Waals surface area contributed by atoms with E-state index >= 15 is 0 Å². The van der Waals surface area contributed by atoms with E-state index in [0.29, 0.717) is 0 Å². The SMILES string of the molecule is CC1=CC(/C=C/c2c(O)c(=O)c2=O)=CC(C)N1. The highest BCUT2D eigenvalue weighted by atomic mass is 16.3. The van der Waals surface area contributed by atoms with Gasteiger partial charge >= 0.3 is 0 Å². The highest BCUT2D eigenvalue weighted by Gasteiger charge is 2.17. The number of rotatable bonds is 2. The molecule has 0 bridgehead atoms. The summed E-state index contributed by atoms with van der Waals surface area (Å²) in [5.41, 5.74) is 0.647. The van der Waals surface area contributed by atoms with E-state index in [4.69, 9.17) is 0 Å². The Morgan fingerprint density at radius 1 is 1.29 bits per heavy atom. The van der Waals surface area contributed by atoms with Crippen molar-refractivity contribution in [2.24, 2.45) is 0 Å². The molecule has 2 N–H and O–H groups in total. The lowest BCUT2D eigenvalue weighted by atomic mass is 10.0. The minimum absolute atomic E-state index is 0.0909. The molecule has 0 aliphatic carbocycles. The normalized spacial score (nSPS) is 20.2. The van der Waals surface area contributed by atoms with Gasteiger partial charge in [-0.05, 0) is 31.6 Å². The third-order valence-corrected chi connectivity index (χ3v) is 2.64. The zero-order valence-electron chi connectivity index (χ0n) is 9.65. The van der Waals surface area contributed by atoms with Crippen LogP contribution in [-0.4, -0.2) is 11.1 Å². The summed E-state index contributed by atoms with van der Waals surface area (Å²) in [6.07, 6.45) is 7.12. The molecule has 0 aromatic heterocycles. The molecular formula is C13H13NO3. The molecule has 0 saturated heterocycles. The summed E-state index contributed by atoms with van der Waals surface area (Å²) in [6, 6.07) is 0.223. The van der Waals surface area contributed by atoms with Crippen LogP contribution in [0.3, 0.4) is 0 Å². The van der Waals surface area contributed by atoms with Crippen LogP contribution in [-0.2, 0) is 0 Å². The van der Waals surface area contributed by atoms with Crippen LogP contribution in [0.25, 0.3) is 6.08 Å². The fraction of sp³-hybridized carbons (Fsp3) is 0.231. The Balaban J connectivity index is 2.23. The third-order valence-electron chi connectivity index (χ3n) is 2.64. The van der Waals surface area contributed by atoms with Gasteiger partial charge in [0, 0.05) is 11.7 Å². The predicted octanol–water partition coefficient (Wildman–Crippen LogP) is 0.823. The number of aromatic hydroxyl groups is 1. The lowest BCUT2D eigenvalue weighted by molar-refractivity contribution is 0.461. The van der Waals surface area contributed by atoms with Crippen LogP contribution in [0.15, 0.2) is 39.1 Å². The molecule has 17 heavy (non-hydrogen) atoms. The molecule has 4 heteroatoms. The second-order valence-corrected chi connectivity index (χ2v) is 4.18. The molecule has 1 aliphatic heterocycles. The molecule has 0 fully saturated rings. The maximum absolute atomic E-state index is 11.1. The fourth-order valence-electron chi connectivity index (χ4n) is 1.86. The van der Waals surface area contributed by atoms with Gasteiger partial charge in [0.15, 0.2) is 5.75 Å². The van der Waals surface area contributed by atoms with E-state index in [1.54, 1.807) is 6.08 Å². The molecule has 0 spiro atoms. The molecule has 1 unspecified atom stereocenters. The largest absolute Gasteiger partial charge is 0.504 e. The highest BCUT2D eigenvalue weighted by Crippen LogP contribution is 2.15. The summed E-state index contributed by atoms with van der Waals surface area (Å²) in [6.45, 7) is 3.96. The van der Waals surface area contributed by atoms with Gasteiger partial charge in [-0.2, -0.15) is 0 Å². The van der Waals surface area contributed by atoms with Crippen LogP contribution in [0.5, 0.6) is 5.75 Å². The molecule has 4 nitrogen and oxygen atoms in total. The summed E-state index contributed by atoms with van der Waals surface area (Å²) < 4.78 is 0. The Hall–Kier alpha value is -2.10. The van der Waals surface area contributed by atoms with E-state index in [2.05, 4.69) is 5.32 Å². The Morgan fingerprint density at radius 2 is 2.00 bits per heavy atom. The van der Waals surface area contributed by atoms with Crippen LogP contribution in [0.4, 0.5) is 0 Å².